The van der Waals surface area contributed by atoms with Crippen molar-refractivity contribution >= 4 is 35.2 Å². The van der Waals surface area contributed by atoms with Crippen molar-refractivity contribution in [2.75, 3.05) is 92.1 Å². The van der Waals surface area contributed by atoms with E-state index in [-0.39, 0.29) is 35.6 Å². The van der Waals surface area contributed by atoms with E-state index in [1.165, 1.54) is 6.42 Å². The predicted octanol–water partition coefficient (Wildman–Crippen LogP) is 3.90. The standard InChI is InChI=1S/C51H66N8O8/c1-53(2)30-41-43(66-4)26-33(27-44(41)67-5)39-31-54(3)48(63)40-32-58(19-13-36(39)40)46(61)28-34-12-14-51(34)15-20-55(21-16-51)17-6-7-18-56-22-24-57(25-23-56)35-8-9-37-38(29-35)50(65)59(49(37)64)42-10-11-45(60)52-47(42)62/h8-9,26-27,29,31,34,42H,6-7,10-25,28,30,32H2,1-5H3,(H,52,60,62). The maximum Gasteiger partial charge on any atom is 0.262 e. The number of piperidine rings is 2. The molecule has 0 bridgehead atoms. The van der Waals surface area contributed by atoms with Crippen LogP contribution in [0, 0.1) is 11.3 Å². The number of pyridine rings is 1. The molecule has 1 aromatic heterocycles. The summed E-state index contributed by atoms with van der Waals surface area (Å²) in [5.41, 5.74) is 6.27. The van der Waals surface area contributed by atoms with Gasteiger partial charge in [0.15, 0.2) is 0 Å². The molecule has 2 aromatic carbocycles. The first-order valence-corrected chi connectivity index (χ1v) is 24.2. The lowest BCUT2D eigenvalue weighted by atomic mass is 9.54. The molecule has 4 fully saturated rings. The highest BCUT2D eigenvalue weighted by Gasteiger charge is 2.49. The van der Waals surface area contributed by atoms with Crippen molar-refractivity contribution in [3.05, 3.63) is 74.7 Å². The lowest BCUT2D eigenvalue weighted by Gasteiger charge is -2.54. The fourth-order valence-electron chi connectivity index (χ4n) is 11.7. The van der Waals surface area contributed by atoms with Gasteiger partial charge in [0.05, 0.1) is 37.5 Å². The number of methoxy groups -OCH3 is 2. The number of hydrogen-bond acceptors (Lipinski definition) is 12. The van der Waals surface area contributed by atoms with E-state index in [1.54, 1.807) is 38.0 Å². The van der Waals surface area contributed by atoms with Gasteiger partial charge < -0.3 is 33.6 Å². The molecule has 9 rings (SSSR count). The van der Waals surface area contributed by atoms with Crippen molar-refractivity contribution in [1.82, 2.24) is 34.4 Å². The largest absolute Gasteiger partial charge is 0.496 e. The number of carbonyl (C=O) groups excluding carboxylic acids is 5. The van der Waals surface area contributed by atoms with Gasteiger partial charge in [-0.2, -0.15) is 0 Å². The van der Waals surface area contributed by atoms with Crippen LogP contribution in [0.3, 0.4) is 0 Å². The molecule has 6 aliphatic rings. The summed E-state index contributed by atoms with van der Waals surface area (Å²) in [6.07, 6.45) is 10.1. The van der Waals surface area contributed by atoms with Gasteiger partial charge in [-0.1, -0.05) is 0 Å². The van der Waals surface area contributed by atoms with Crippen LogP contribution in [0.1, 0.15) is 95.2 Å². The molecule has 5 amide bonds. The van der Waals surface area contributed by atoms with Gasteiger partial charge in [-0.05, 0) is 144 Å². The number of aryl methyl sites for hydroxylation is 1. The third-order valence-electron chi connectivity index (χ3n) is 15.8. The van der Waals surface area contributed by atoms with E-state index in [0.717, 1.165) is 129 Å². The highest BCUT2D eigenvalue weighted by atomic mass is 16.5. The number of piperazine rings is 1. The zero-order valence-electron chi connectivity index (χ0n) is 39.9. The van der Waals surface area contributed by atoms with Crippen LogP contribution >= 0.6 is 0 Å². The Balaban J connectivity index is 0.717. The quantitative estimate of drug-likeness (QED) is 0.184. The molecule has 6 heterocycles. The molecule has 2 atom stereocenters. The molecule has 3 saturated heterocycles. The van der Waals surface area contributed by atoms with E-state index in [0.29, 0.717) is 55.1 Å². The Morgan fingerprint density at radius 1 is 0.776 bits per heavy atom. The molecule has 67 heavy (non-hydrogen) atoms. The summed E-state index contributed by atoms with van der Waals surface area (Å²) in [6, 6.07) is 8.45. The lowest BCUT2D eigenvalue weighted by molar-refractivity contribution is -0.138. The summed E-state index contributed by atoms with van der Waals surface area (Å²) in [7, 11) is 9.14. The number of nitrogens with one attached hydrogen (secondary N) is 1. The van der Waals surface area contributed by atoms with Crippen LogP contribution in [0.5, 0.6) is 11.5 Å². The third-order valence-corrected chi connectivity index (χ3v) is 15.8. The van der Waals surface area contributed by atoms with Gasteiger partial charge in [-0.15, -0.1) is 0 Å². The Hall–Kier alpha value is -5.58. The van der Waals surface area contributed by atoms with E-state index in [9.17, 15) is 28.8 Å². The minimum Gasteiger partial charge on any atom is -0.496 e. The van der Waals surface area contributed by atoms with Crippen LogP contribution in [0.25, 0.3) is 11.1 Å². The maximum absolute atomic E-state index is 14.0. The van der Waals surface area contributed by atoms with E-state index >= 15 is 0 Å². The molecule has 1 aliphatic carbocycles. The second-order valence-corrected chi connectivity index (χ2v) is 19.9. The van der Waals surface area contributed by atoms with E-state index in [2.05, 4.69) is 24.9 Å². The van der Waals surface area contributed by atoms with Crippen molar-refractivity contribution in [2.24, 2.45) is 18.4 Å². The van der Waals surface area contributed by atoms with E-state index in [4.69, 9.17) is 9.47 Å². The van der Waals surface area contributed by atoms with E-state index in [1.807, 2.05) is 43.4 Å². The first-order valence-electron chi connectivity index (χ1n) is 24.2. The zero-order chi connectivity index (χ0) is 47.1. The van der Waals surface area contributed by atoms with Crippen LogP contribution in [0.2, 0.25) is 0 Å². The molecule has 1 saturated carbocycles. The highest BCUT2D eigenvalue weighted by Crippen LogP contribution is 2.55. The summed E-state index contributed by atoms with van der Waals surface area (Å²) in [6.45, 7) is 9.33. The highest BCUT2D eigenvalue weighted by molar-refractivity contribution is 6.23. The van der Waals surface area contributed by atoms with Crippen molar-refractivity contribution in [1.29, 1.82) is 0 Å². The molecule has 1 N–H and O–H groups in total. The molecule has 5 aliphatic heterocycles. The van der Waals surface area contributed by atoms with Crippen LogP contribution in [-0.4, -0.2) is 152 Å². The van der Waals surface area contributed by atoms with Crippen molar-refractivity contribution in [2.45, 2.75) is 83.3 Å². The van der Waals surface area contributed by atoms with Gasteiger partial charge in [0.1, 0.15) is 17.5 Å². The van der Waals surface area contributed by atoms with E-state index < -0.39 is 23.8 Å². The average molecular weight is 919 g/mol. The topological polar surface area (TPSA) is 157 Å². The molecular weight excluding hydrogens is 853 g/mol. The number of likely N-dealkylation sites (tertiary alicyclic amines) is 1. The normalized spacial score (nSPS) is 22.0. The van der Waals surface area contributed by atoms with Crippen molar-refractivity contribution in [3.63, 3.8) is 0 Å². The minimum absolute atomic E-state index is 0.0517. The maximum atomic E-state index is 14.0. The Labute approximate surface area is 393 Å². The van der Waals surface area contributed by atoms with Crippen LogP contribution < -0.4 is 25.2 Å². The number of anilines is 1. The fraction of sp³-hybridized carbons (Fsp3) is 0.569. The number of benzene rings is 2. The summed E-state index contributed by atoms with van der Waals surface area (Å²) in [4.78, 5) is 90.6. The number of hydrogen-bond donors (Lipinski definition) is 1. The van der Waals surface area contributed by atoms with Crippen LogP contribution in [0.4, 0.5) is 5.69 Å². The number of unbranched alkanes of at least 4 members (excludes halogenated alkanes) is 1. The monoisotopic (exact) mass is 919 g/mol. The second-order valence-electron chi connectivity index (χ2n) is 19.9. The summed E-state index contributed by atoms with van der Waals surface area (Å²) < 4.78 is 13.3. The Morgan fingerprint density at radius 2 is 1.45 bits per heavy atom. The molecule has 16 heteroatoms. The number of fused-ring (bicyclic) bond motifs is 2. The zero-order valence-corrected chi connectivity index (χ0v) is 39.9. The van der Waals surface area contributed by atoms with Crippen LogP contribution in [0.15, 0.2) is 41.3 Å². The van der Waals surface area contributed by atoms with Crippen LogP contribution in [-0.2, 0) is 40.9 Å². The molecule has 2 unspecified atom stereocenters. The Bertz CT molecular complexity index is 2480. The number of aromatic nitrogens is 1. The molecule has 358 valence electrons. The second kappa shape index (κ2) is 19.2. The minimum atomic E-state index is -0.969. The smallest absolute Gasteiger partial charge is 0.262 e. The SMILES string of the molecule is COc1cc(-c2cn(C)c(=O)c3c2CCN(C(=O)CC2CCC24CCN(CCCCN2CCN(c5ccc6c(c5)C(=O)N(C5CCC(=O)NC5=O)C6=O)CC2)CC4)C3)cc(OC)c1CN(C)C. The number of amides is 5. The first kappa shape index (κ1) is 46.5. The van der Waals surface area contributed by atoms with Gasteiger partial charge in [-0.3, -0.25) is 43.9 Å². The van der Waals surface area contributed by atoms with Gasteiger partial charge in [0.25, 0.3) is 17.4 Å². The predicted molar refractivity (Wildman–Crippen MR) is 253 cm³/mol. The molecule has 1 spiro atoms. The molecule has 0 radical (unpaired) electrons. The number of ether oxygens (including phenoxy) is 2. The van der Waals surface area contributed by atoms with Crippen molar-refractivity contribution in [3.8, 4) is 22.6 Å². The third kappa shape index (κ3) is 9.11. The average Bonchev–Trinajstić information content (AvgIpc) is 3.57. The lowest BCUT2D eigenvalue weighted by Crippen LogP contribution is -2.54. The summed E-state index contributed by atoms with van der Waals surface area (Å²) >= 11 is 0. The van der Waals surface area contributed by atoms with Gasteiger partial charge in [0, 0.05) is 82.2 Å². The molecular formula is C51H66N8O8. The number of nitrogens with zero attached hydrogens (tertiary/aromatic N) is 7. The number of imide groups is 2. The van der Waals surface area contributed by atoms with Gasteiger partial charge in [0.2, 0.25) is 17.7 Å². The first-order chi connectivity index (χ1) is 32.3. The fourth-order valence-corrected chi connectivity index (χ4v) is 11.7. The molecule has 16 nitrogen and oxygen atoms in total. The Morgan fingerprint density at radius 3 is 2.07 bits per heavy atom. The van der Waals surface area contributed by atoms with Gasteiger partial charge >= 0.3 is 0 Å². The Kier molecular flexibility index (Phi) is 13.3. The number of rotatable bonds is 14. The summed E-state index contributed by atoms with van der Waals surface area (Å²) in [5.74, 6) is 0.0842. The summed E-state index contributed by atoms with van der Waals surface area (Å²) in [5, 5.41) is 2.25. The number of carbonyl (C=O) groups is 5. The van der Waals surface area contributed by atoms with Gasteiger partial charge in [-0.25, -0.2) is 0 Å². The molecule has 3 aromatic rings. The van der Waals surface area contributed by atoms with Crippen molar-refractivity contribution < 1.29 is 33.4 Å².